The van der Waals surface area contributed by atoms with E-state index in [1.807, 2.05) is 0 Å². The van der Waals surface area contributed by atoms with Gasteiger partial charge in [0.15, 0.2) is 0 Å². The molecule has 2 bridgehead atoms. The molecule has 21 heavy (non-hydrogen) atoms. The molecule has 0 heterocycles. The van der Waals surface area contributed by atoms with Crippen molar-refractivity contribution in [2.75, 3.05) is 0 Å². The van der Waals surface area contributed by atoms with Gasteiger partial charge in [-0.05, 0) is 60.3 Å². The number of nitrogens with one attached hydrogen (secondary N) is 1. The summed E-state index contributed by atoms with van der Waals surface area (Å²) < 4.78 is 28.3. The van der Waals surface area contributed by atoms with Crippen molar-refractivity contribution in [1.29, 1.82) is 0 Å². The van der Waals surface area contributed by atoms with E-state index in [2.05, 4.69) is 25.5 Å². The lowest BCUT2D eigenvalue weighted by molar-refractivity contribution is 0.127. The molecule has 1 aromatic carbocycles. The Kier molecular flexibility index (Phi) is 3.43. The number of sulfonamides is 1. The molecule has 0 unspecified atom stereocenters. The normalized spacial score (nSPS) is 34.3. The van der Waals surface area contributed by atoms with Gasteiger partial charge in [0.2, 0.25) is 10.0 Å². The van der Waals surface area contributed by atoms with Crippen LogP contribution in [-0.4, -0.2) is 14.5 Å². The molecule has 2 saturated carbocycles. The largest absolute Gasteiger partial charge is 0.240 e. The standard InChI is InChI=1S/C16H22ClNO2S/c1-15(2)11-8-9-16(3,10-11)14(15)18-21(19,20)13-6-4-12(17)5-7-13/h4-7,11,14,18H,8-10H2,1-3H3/t11-,14-,16+/m0/s1. The van der Waals surface area contributed by atoms with E-state index in [-0.39, 0.29) is 21.8 Å². The predicted molar refractivity (Wildman–Crippen MR) is 84.8 cm³/mol. The SMILES string of the molecule is CC1(C)[C@H]2CC[C@](C)(C2)[C@H]1NS(=O)(=O)c1ccc(Cl)cc1. The molecule has 2 fully saturated rings. The van der Waals surface area contributed by atoms with Crippen LogP contribution < -0.4 is 4.72 Å². The number of hydrogen-bond donors (Lipinski definition) is 1. The highest BCUT2D eigenvalue weighted by molar-refractivity contribution is 7.89. The quantitative estimate of drug-likeness (QED) is 0.917. The van der Waals surface area contributed by atoms with Crippen LogP contribution in [0.1, 0.15) is 40.0 Å². The molecule has 3 rings (SSSR count). The van der Waals surface area contributed by atoms with Gasteiger partial charge in [0, 0.05) is 11.1 Å². The lowest BCUT2D eigenvalue weighted by Crippen LogP contribution is -2.52. The summed E-state index contributed by atoms with van der Waals surface area (Å²) in [4.78, 5) is 0.286. The summed E-state index contributed by atoms with van der Waals surface area (Å²) in [7, 11) is -3.50. The molecule has 0 radical (unpaired) electrons. The Hall–Kier alpha value is -0.580. The molecule has 3 nitrogen and oxygen atoms in total. The lowest BCUT2D eigenvalue weighted by Gasteiger charge is -2.42. The molecular weight excluding hydrogens is 306 g/mol. The zero-order valence-electron chi connectivity index (χ0n) is 12.7. The van der Waals surface area contributed by atoms with Crippen LogP contribution in [0.4, 0.5) is 0 Å². The molecule has 1 N–H and O–H groups in total. The van der Waals surface area contributed by atoms with Gasteiger partial charge in [0.1, 0.15) is 0 Å². The van der Waals surface area contributed by atoms with Crippen LogP contribution in [0.5, 0.6) is 0 Å². The molecule has 1 aromatic rings. The molecule has 0 spiro atoms. The topological polar surface area (TPSA) is 46.2 Å². The van der Waals surface area contributed by atoms with Crippen molar-refractivity contribution >= 4 is 21.6 Å². The van der Waals surface area contributed by atoms with Crippen molar-refractivity contribution in [3.8, 4) is 0 Å². The third kappa shape index (κ3) is 2.41. The van der Waals surface area contributed by atoms with Crippen LogP contribution in [0, 0.1) is 16.7 Å². The summed E-state index contributed by atoms with van der Waals surface area (Å²) >= 11 is 5.84. The van der Waals surface area contributed by atoms with Crippen molar-refractivity contribution < 1.29 is 8.42 Å². The van der Waals surface area contributed by atoms with E-state index in [1.54, 1.807) is 24.3 Å². The second-order valence-electron chi connectivity index (χ2n) is 7.42. The fourth-order valence-corrected chi connectivity index (χ4v) is 6.09. The number of benzene rings is 1. The fraction of sp³-hybridized carbons (Fsp3) is 0.625. The molecule has 2 aliphatic carbocycles. The summed E-state index contributed by atoms with van der Waals surface area (Å²) in [5.41, 5.74) is 0.0835. The first kappa shape index (κ1) is 15.3. The fourth-order valence-electron chi connectivity index (χ4n) is 4.43. The molecule has 116 valence electrons. The molecule has 0 saturated heterocycles. The van der Waals surface area contributed by atoms with Crippen LogP contribution >= 0.6 is 11.6 Å². The summed E-state index contributed by atoms with van der Waals surface area (Å²) in [5.74, 6) is 0.611. The van der Waals surface area contributed by atoms with Crippen LogP contribution in [0.25, 0.3) is 0 Å². The Balaban J connectivity index is 1.91. The minimum atomic E-state index is -3.50. The highest BCUT2D eigenvalue weighted by Crippen LogP contribution is 2.62. The second kappa shape index (κ2) is 4.71. The third-order valence-corrected chi connectivity index (χ3v) is 7.36. The highest BCUT2D eigenvalue weighted by Gasteiger charge is 2.60. The smallest absolute Gasteiger partial charge is 0.207 e. The summed E-state index contributed by atoms with van der Waals surface area (Å²) in [6.45, 7) is 6.60. The average molecular weight is 328 g/mol. The van der Waals surface area contributed by atoms with Gasteiger partial charge in [-0.2, -0.15) is 0 Å². The summed E-state index contributed by atoms with van der Waals surface area (Å²) in [6.07, 6.45) is 3.44. The minimum absolute atomic E-state index is 0.00644. The van der Waals surface area contributed by atoms with Crippen molar-refractivity contribution in [3.05, 3.63) is 29.3 Å². The molecule has 0 aliphatic heterocycles. The van der Waals surface area contributed by atoms with Crippen LogP contribution in [0.15, 0.2) is 29.2 Å². The van der Waals surface area contributed by atoms with E-state index in [0.717, 1.165) is 12.8 Å². The van der Waals surface area contributed by atoms with Crippen LogP contribution in [-0.2, 0) is 10.0 Å². The van der Waals surface area contributed by atoms with E-state index in [9.17, 15) is 8.42 Å². The molecule has 5 heteroatoms. The van der Waals surface area contributed by atoms with Crippen LogP contribution in [0.2, 0.25) is 5.02 Å². The van der Waals surface area contributed by atoms with E-state index >= 15 is 0 Å². The second-order valence-corrected chi connectivity index (χ2v) is 9.57. The predicted octanol–water partition coefficient (Wildman–Crippen LogP) is 3.83. The van der Waals surface area contributed by atoms with Crippen molar-refractivity contribution in [2.45, 2.75) is 51.0 Å². The Labute approximate surface area is 132 Å². The molecule has 3 atom stereocenters. The number of rotatable bonds is 3. The zero-order chi connectivity index (χ0) is 15.5. The van der Waals surface area contributed by atoms with Crippen LogP contribution in [0.3, 0.4) is 0 Å². The van der Waals surface area contributed by atoms with Gasteiger partial charge in [0.05, 0.1) is 4.90 Å². The molecule has 0 amide bonds. The lowest BCUT2D eigenvalue weighted by atomic mass is 9.69. The molecule has 2 aliphatic rings. The summed E-state index contributed by atoms with van der Waals surface area (Å²) in [5, 5.41) is 0.543. The van der Waals surface area contributed by atoms with Gasteiger partial charge in [-0.3, -0.25) is 0 Å². The first-order valence-corrected chi connectivity index (χ1v) is 9.29. The zero-order valence-corrected chi connectivity index (χ0v) is 14.3. The minimum Gasteiger partial charge on any atom is -0.207 e. The highest BCUT2D eigenvalue weighted by atomic mass is 35.5. The van der Waals surface area contributed by atoms with Gasteiger partial charge in [-0.25, -0.2) is 13.1 Å². The maximum atomic E-state index is 12.7. The number of fused-ring (bicyclic) bond motifs is 2. The maximum absolute atomic E-state index is 12.7. The van der Waals surface area contributed by atoms with Gasteiger partial charge in [0.25, 0.3) is 0 Å². The number of hydrogen-bond acceptors (Lipinski definition) is 2. The Morgan fingerprint density at radius 3 is 2.33 bits per heavy atom. The van der Waals surface area contributed by atoms with Crippen molar-refractivity contribution in [1.82, 2.24) is 4.72 Å². The van der Waals surface area contributed by atoms with Gasteiger partial charge < -0.3 is 0 Å². The first-order valence-electron chi connectivity index (χ1n) is 7.43. The molecule has 0 aromatic heterocycles. The van der Waals surface area contributed by atoms with Gasteiger partial charge >= 0.3 is 0 Å². The van der Waals surface area contributed by atoms with E-state index in [4.69, 9.17) is 11.6 Å². The Bertz CT molecular complexity index is 649. The van der Waals surface area contributed by atoms with E-state index in [1.165, 1.54) is 6.42 Å². The third-order valence-electron chi connectivity index (χ3n) is 5.67. The van der Waals surface area contributed by atoms with Gasteiger partial charge in [-0.15, -0.1) is 0 Å². The Morgan fingerprint density at radius 1 is 1.19 bits per heavy atom. The van der Waals surface area contributed by atoms with Crippen molar-refractivity contribution in [3.63, 3.8) is 0 Å². The molecular formula is C16H22ClNO2S. The monoisotopic (exact) mass is 327 g/mol. The Morgan fingerprint density at radius 2 is 1.81 bits per heavy atom. The summed E-state index contributed by atoms with van der Waals surface area (Å²) in [6, 6.07) is 6.35. The van der Waals surface area contributed by atoms with E-state index in [0.29, 0.717) is 10.9 Å². The van der Waals surface area contributed by atoms with E-state index < -0.39 is 10.0 Å². The first-order chi connectivity index (χ1) is 9.65. The average Bonchev–Trinajstić information content (AvgIpc) is 2.87. The maximum Gasteiger partial charge on any atom is 0.240 e. The van der Waals surface area contributed by atoms with Crippen molar-refractivity contribution in [2.24, 2.45) is 16.7 Å². The number of halogens is 1. The van der Waals surface area contributed by atoms with Gasteiger partial charge in [-0.1, -0.05) is 32.4 Å².